The Balaban J connectivity index is 1.69. The number of nitrogens with one attached hydrogen (secondary N) is 1. The molecule has 1 heterocycles. The van der Waals surface area contributed by atoms with Crippen LogP contribution in [0.15, 0.2) is 82.3 Å². The Bertz CT molecular complexity index is 1060. The first kappa shape index (κ1) is 21.6. The van der Waals surface area contributed by atoms with E-state index in [-0.39, 0.29) is 16.8 Å². The van der Waals surface area contributed by atoms with Crippen molar-refractivity contribution in [3.63, 3.8) is 0 Å². The molecule has 0 fully saturated rings. The molecule has 1 amide bonds. The van der Waals surface area contributed by atoms with Crippen LogP contribution in [-0.2, 0) is 10.0 Å². The van der Waals surface area contributed by atoms with Crippen molar-refractivity contribution in [2.45, 2.75) is 10.9 Å². The lowest BCUT2D eigenvalue weighted by atomic mass is 10.2. The highest BCUT2D eigenvalue weighted by molar-refractivity contribution is 7.92. The van der Waals surface area contributed by atoms with Crippen LogP contribution in [0, 0.1) is 0 Å². The summed E-state index contributed by atoms with van der Waals surface area (Å²) in [5.74, 6) is 0.472. The zero-order valence-corrected chi connectivity index (χ0v) is 18.0. The Morgan fingerprint density at radius 3 is 2.20 bits per heavy atom. The van der Waals surface area contributed by atoms with Crippen molar-refractivity contribution < 1.29 is 17.6 Å². The molecule has 0 saturated carbocycles. The molecule has 1 N–H and O–H groups in total. The number of para-hydroxylation sites is 1. The molecule has 3 aromatic rings. The summed E-state index contributed by atoms with van der Waals surface area (Å²) in [5.41, 5.74) is 0.945. The fraction of sp³-hybridized carbons (Fsp3) is 0.227. The van der Waals surface area contributed by atoms with Gasteiger partial charge in [-0.2, -0.15) is 0 Å². The maximum Gasteiger partial charge on any atom is 0.264 e. The highest BCUT2D eigenvalue weighted by Crippen LogP contribution is 2.22. The van der Waals surface area contributed by atoms with Crippen LogP contribution in [0.5, 0.6) is 0 Å². The van der Waals surface area contributed by atoms with Crippen LogP contribution < -0.4 is 9.62 Å². The molecule has 30 heavy (non-hydrogen) atoms. The zero-order chi connectivity index (χ0) is 21.7. The number of carbonyl (C=O) groups is 1. The number of amides is 1. The SMILES string of the molecule is CN(C)C(CNC(=O)c1ccc(S(=O)(=O)N(C)c2ccccc2)cc1)c1ccco1. The van der Waals surface area contributed by atoms with E-state index in [1.165, 1.54) is 35.6 Å². The fourth-order valence-electron chi connectivity index (χ4n) is 3.02. The molecule has 8 heteroatoms. The van der Waals surface area contributed by atoms with Crippen molar-refractivity contribution >= 4 is 21.6 Å². The smallest absolute Gasteiger partial charge is 0.264 e. The number of benzene rings is 2. The molecule has 0 aliphatic carbocycles. The number of furan rings is 1. The molecule has 158 valence electrons. The first-order chi connectivity index (χ1) is 14.3. The molecule has 2 aromatic carbocycles. The van der Waals surface area contributed by atoms with Gasteiger partial charge in [0.05, 0.1) is 22.9 Å². The fourth-order valence-corrected chi connectivity index (χ4v) is 4.22. The van der Waals surface area contributed by atoms with Gasteiger partial charge < -0.3 is 9.73 Å². The van der Waals surface area contributed by atoms with Crippen LogP contribution in [0.3, 0.4) is 0 Å². The molecule has 1 atom stereocenters. The van der Waals surface area contributed by atoms with Gasteiger partial charge in [-0.15, -0.1) is 0 Å². The van der Waals surface area contributed by atoms with Gasteiger partial charge in [-0.05, 0) is 62.6 Å². The molecule has 0 saturated heterocycles. The number of nitrogens with zero attached hydrogens (tertiary/aromatic N) is 2. The van der Waals surface area contributed by atoms with E-state index in [4.69, 9.17) is 4.42 Å². The second-order valence-corrected chi connectivity index (χ2v) is 9.01. The number of hydrogen-bond donors (Lipinski definition) is 1. The largest absolute Gasteiger partial charge is 0.468 e. The Morgan fingerprint density at radius 1 is 0.967 bits per heavy atom. The van der Waals surface area contributed by atoms with Gasteiger partial charge in [-0.25, -0.2) is 8.42 Å². The van der Waals surface area contributed by atoms with Gasteiger partial charge in [-0.1, -0.05) is 18.2 Å². The maximum absolute atomic E-state index is 12.8. The number of hydrogen-bond acceptors (Lipinski definition) is 5. The Labute approximate surface area is 177 Å². The summed E-state index contributed by atoms with van der Waals surface area (Å²) in [4.78, 5) is 14.6. The topological polar surface area (TPSA) is 82.9 Å². The van der Waals surface area contributed by atoms with Gasteiger partial charge in [0.2, 0.25) is 0 Å². The van der Waals surface area contributed by atoms with Crippen molar-refractivity contribution in [1.82, 2.24) is 10.2 Å². The summed E-state index contributed by atoms with van der Waals surface area (Å²) in [6, 6.07) is 18.3. The van der Waals surface area contributed by atoms with Crippen molar-refractivity contribution in [2.75, 3.05) is 32.0 Å². The quantitative estimate of drug-likeness (QED) is 0.597. The number of likely N-dealkylation sites (N-methyl/N-ethyl adjacent to an activating group) is 1. The van der Waals surface area contributed by atoms with Gasteiger partial charge in [-0.3, -0.25) is 14.0 Å². The Hall–Kier alpha value is -3.10. The molecule has 1 unspecified atom stereocenters. The highest BCUT2D eigenvalue weighted by atomic mass is 32.2. The van der Waals surface area contributed by atoms with Crippen LogP contribution in [0.1, 0.15) is 22.2 Å². The van der Waals surface area contributed by atoms with E-state index in [0.717, 1.165) is 5.76 Å². The van der Waals surface area contributed by atoms with E-state index >= 15 is 0 Å². The Morgan fingerprint density at radius 2 is 1.63 bits per heavy atom. The number of anilines is 1. The minimum absolute atomic E-state index is 0.108. The molecule has 0 radical (unpaired) electrons. The molecule has 7 nitrogen and oxygen atoms in total. The predicted molar refractivity (Wildman–Crippen MR) is 116 cm³/mol. The van der Waals surface area contributed by atoms with Crippen molar-refractivity contribution in [3.05, 3.63) is 84.3 Å². The van der Waals surface area contributed by atoms with E-state index in [2.05, 4.69) is 5.32 Å². The third kappa shape index (κ3) is 4.72. The van der Waals surface area contributed by atoms with E-state index in [1.54, 1.807) is 36.6 Å². The summed E-state index contributed by atoms with van der Waals surface area (Å²) in [5, 5.41) is 2.88. The summed E-state index contributed by atoms with van der Waals surface area (Å²) < 4.78 is 32.3. The van der Waals surface area contributed by atoms with Gasteiger partial charge in [0, 0.05) is 19.2 Å². The molecular formula is C22H25N3O4S. The number of rotatable bonds is 8. The second-order valence-electron chi connectivity index (χ2n) is 7.04. The van der Waals surface area contributed by atoms with Gasteiger partial charge in [0.1, 0.15) is 5.76 Å². The average Bonchev–Trinajstić information content (AvgIpc) is 3.28. The monoisotopic (exact) mass is 427 g/mol. The van der Waals surface area contributed by atoms with Crippen LogP contribution in [0.4, 0.5) is 5.69 Å². The summed E-state index contributed by atoms with van der Waals surface area (Å²) in [6.07, 6.45) is 1.60. The van der Waals surface area contributed by atoms with Gasteiger partial charge in [0.25, 0.3) is 15.9 Å². The van der Waals surface area contributed by atoms with E-state index in [1.807, 2.05) is 31.1 Å². The van der Waals surface area contributed by atoms with E-state index in [0.29, 0.717) is 17.8 Å². The molecule has 0 bridgehead atoms. The normalized spacial score (nSPS) is 12.5. The maximum atomic E-state index is 12.8. The van der Waals surface area contributed by atoms with E-state index in [9.17, 15) is 13.2 Å². The summed E-state index contributed by atoms with van der Waals surface area (Å²) in [7, 11) is 1.59. The zero-order valence-electron chi connectivity index (χ0n) is 17.1. The first-order valence-corrected chi connectivity index (χ1v) is 10.9. The minimum Gasteiger partial charge on any atom is -0.468 e. The predicted octanol–water partition coefficient (Wildman–Crippen LogP) is 3.14. The van der Waals surface area contributed by atoms with Crippen LogP contribution in [-0.4, -0.2) is 46.9 Å². The van der Waals surface area contributed by atoms with Crippen LogP contribution >= 0.6 is 0 Å². The summed E-state index contributed by atoms with van der Waals surface area (Å²) in [6.45, 7) is 0.357. The van der Waals surface area contributed by atoms with Crippen molar-refractivity contribution in [3.8, 4) is 0 Å². The Kier molecular flexibility index (Phi) is 6.59. The molecule has 0 aliphatic heterocycles. The second kappa shape index (κ2) is 9.15. The summed E-state index contributed by atoms with van der Waals surface area (Å²) >= 11 is 0. The number of carbonyl (C=O) groups excluding carboxylic acids is 1. The lowest BCUT2D eigenvalue weighted by Gasteiger charge is -2.22. The van der Waals surface area contributed by atoms with Crippen LogP contribution in [0.25, 0.3) is 0 Å². The number of sulfonamides is 1. The van der Waals surface area contributed by atoms with E-state index < -0.39 is 10.0 Å². The first-order valence-electron chi connectivity index (χ1n) is 9.43. The third-order valence-electron chi connectivity index (χ3n) is 4.85. The lowest BCUT2D eigenvalue weighted by Crippen LogP contribution is -2.34. The third-order valence-corrected chi connectivity index (χ3v) is 6.65. The lowest BCUT2D eigenvalue weighted by molar-refractivity contribution is 0.0939. The molecule has 0 spiro atoms. The van der Waals surface area contributed by atoms with Crippen LogP contribution in [0.2, 0.25) is 0 Å². The van der Waals surface area contributed by atoms with Crippen molar-refractivity contribution in [1.29, 1.82) is 0 Å². The highest BCUT2D eigenvalue weighted by Gasteiger charge is 2.22. The molecule has 1 aromatic heterocycles. The van der Waals surface area contributed by atoms with Gasteiger partial charge in [0.15, 0.2) is 0 Å². The van der Waals surface area contributed by atoms with Gasteiger partial charge >= 0.3 is 0 Å². The molecular weight excluding hydrogens is 402 g/mol. The standard InChI is InChI=1S/C22H25N3O4S/c1-24(2)20(21-10-7-15-29-21)16-23-22(26)17-11-13-19(14-12-17)30(27,28)25(3)18-8-5-4-6-9-18/h4-15,20H,16H2,1-3H3,(H,23,26). The average molecular weight is 428 g/mol. The molecule has 3 rings (SSSR count). The molecule has 0 aliphatic rings. The minimum atomic E-state index is -3.72. The van der Waals surface area contributed by atoms with Crippen molar-refractivity contribution in [2.24, 2.45) is 0 Å².